The molecule has 1 aromatic carbocycles. The number of likely N-dealkylation sites (tertiary alicyclic amines) is 1. The zero-order valence-corrected chi connectivity index (χ0v) is 14.3. The van der Waals surface area contributed by atoms with Crippen LogP contribution in [0.1, 0.15) is 34.3 Å². The van der Waals surface area contributed by atoms with Gasteiger partial charge in [-0.3, -0.25) is 4.79 Å². The minimum absolute atomic E-state index is 0.182. The molecule has 1 N–H and O–H groups in total. The lowest BCUT2D eigenvalue weighted by atomic mass is 9.97. The molecule has 128 valence electrons. The molecule has 25 heavy (non-hydrogen) atoms. The highest BCUT2D eigenvalue weighted by Crippen LogP contribution is 2.16. The molecule has 0 amide bonds. The molecule has 6 heteroatoms. The van der Waals surface area contributed by atoms with Crippen LogP contribution in [0, 0.1) is 17.2 Å². The zero-order valence-electron chi connectivity index (χ0n) is 14.3. The van der Waals surface area contributed by atoms with Crippen LogP contribution in [0.15, 0.2) is 36.7 Å². The normalized spacial score (nSPS) is 15.5. The molecule has 3 rings (SSSR count). The second-order valence-electron chi connectivity index (χ2n) is 6.44. The van der Waals surface area contributed by atoms with E-state index in [0.717, 1.165) is 19.6 Å². The van der Waals surface area contributed by atoms with Gasteiger partial charge >= 0.3 is 0 Å². The van der Waals surface area contributed by atoms with Crippen LogP contribution >= 0.6 is 0 Å². The average Bonchev–Trinajstić information content (AvgIpc) is 2.67. The van der Waals surface area contributed by atoms with Gasteiger partial charge in [-0.2, -0.15) is 5.26 Å². The predicted octanol–water partition coefficient (Wildman–Crippen LogP) is 2.33. The molecule has 1 fully saturated rings. The lowest BCUT2D eigenvalue weighted by Crippen LogP contribution is -2.33. The van der Waals surface area contributed by atoms with Crippen LogP contribution in [-0.2, 0) is 0 Å². The van der Waals surface area contributed by atoms with Gasteiger partial charge in [0.25, 0.3) is 0 Å². The third kappa shape index (κ3) is 4.40. The van der Waals surface area contributed by atoms with E-state index in [1.165, 1.54) is 25.2 Å². The van der Waals surface area contributed by atoms with Crippen molar-refractivity contribution in [1.29, 1.82) is 5.26 Å². The van der Waals surface area contributed by atoms with Crippen LogP contribution in [-0.4, -0.2) is 47.3 Å². The first kappa shape index (κ1) is 17.1. The van der Waals surface area contributed by atoms with E-state index in [0.29, 0.717) is 28.6 Å². The minimum Gasteiger partial charge on any atom is -0.354 e. The highest BCUT2D eigenvalue weighted by molar-refractivity contribution is 6.08. The van der Waals surface area contributed by atoms with Crippen molar-refractivity contribution in [3.63, 3.8) is 0 Å². The maximum Gasteiger partial charge on any atom is 0.222 e. The van der Waals surface area contributed by atoms with Crippen molar-refractivity contribution in [2.24, 2.45) is 5.92 Å². The second-order valence-corrected chi connectivity index (χ2v) is 6.44. The fraction of sp³-hybridized carbons (Fsp3) is 0.368. The quantitative estimate of drug-likeness (QED) is 0.845. The smallest absolute Gasteiger partial charge is 0.222 e. The Morgan fingerprint density at radius 3 is 2.68 bits per heavy atom. The van der Waals surface area contributed by atoms with Crippen LogP contribution in [0.25, 0.3) is 0 Å². The van der Waals surface area contributed by atoms with Crippen LogP contribution in [0.2, 0.25) is 0 Å². The highest BCUT2D eigenvalue weighted by atomic mass is 16.1. The summed E-state index contributed by atoms with van der Waals surface area (Å²) in [6.07, 6.45) is 5.42. The van der Waals surface area contributed by atoms with E-state index in [-0.39, 0.29) is 5.78 Å². The molecule has 6 nitrogen and oxygen atoms in total. The Morgan fingerprint density at radius 2 is 2.00 bits per heavy atom. The van der Waals surface area contributed by atoms with E-state index in [1.54, 1.807) is 24.3 Å². The van der Waals surface area contributed by atoms with E-state index >= 15 is 0 Å². The van der Waals surface area contributed by atoms with Gasteiger partial charge in [0.1, 0.15) is 0 Å². The number of piperidine rings is 1. The number of carbonyl (C=O) groups is 1. The number of carbonyl (C=O) groups excluding carboxylic acids is 1. The first-order valence-electron chi connectivity index (χ1n) is 8.45. The number of ketones is 1. The van der Waals surface area contributed by atoms with Gasteiger partial charge < -0.3 is 10.2 Å². The molecule has 0 radical (unpaired) electrons. The SMILES string of the molecule is CN1CCC(CNc2ncc(C(=O)c3cccc(C#N)c3)cn2)CC1. The molecule has 0 atom stereocenters. The van der Waals surface area contributed by atoms with Gasteiger partial charge in [-0.15, -0.1) is 0 Å². The first-order chi connectivity index (χ1) is 12.2. The molecular formula is C19H21N5O. The van der Waals surface area contributed by atoms with Gasteiger partial charge in [0.2, 0.25) is 5.95 Å². The van der Waals surface area contributed by atoms with Crippen molar-refractivity contribution in [2.75, 3.05) is 32.0 Å². The standard InChI is InChI=1S/C19H21N5O/c1-24-7-5-14(6-8-24)11-21-19-22-12-17(13-23-19)18(25)16-4-2-3-15(9-16)10-20/h2-4,9,12-14H,5-8,11H2,1H3,(H,21,22,23). The number of nitrogens with one attached hydrogen (secondary N) is 1. The van der Waals surface area contributed by atoms with E-state index in [9.17, 15) is 4.79 Å². The van der Waals surface area contributed by atoms with Crippen LogP contribution in [0.4, 0.5) is 5.95 Å². The molecule has 0 spiro atoms. The summed E-state index contributed by atoms with van der Waals surface area (Å²) in [7, 11) is 2.15. The van der Waals surface area contributed by atoms with Gasteiger partial charge in [0, 0.05) is 24.5 Å². The monoisotopic (exact) mass is 335 g/mol. The molecular weight excluding hydrogens is 314 g/mol. The summed E-state index contributed by atoms with van der Waals surface area (Å²) in [4.78, 5) is 23.3. The van der Waals surface area contributed by atoms with Crippen molar-refractivity contribution in [2.45, 2.75) is 12.8 Å². The van der Waals surface area contributed by atoms with Gasteiger partial charge in [0.15, 0.2) is 5.78 Å². The number of nitrogens with zero attached hydrogens (tertiary/aromatic N) is 4. The van der Waals surface area contributed by atoms with Gasteiger partial charge in [0.05, 0.1) is 17.2 Å². The third-order valence-electron chi connectivity index (χ3n) is 4.55. The Hall–Kier alpha value is -2.78. The summed E-state index contributed by atoms with van der Waals surface area (Å²) >= 11 is 0. The number of aromatic nitrogens is 2. The molecule has 0 saturated carbocycles. The summed E-state index contributed by atoms with van der Waals surface area (Å²) in [5, 5.41) is 12.2. The first-order valence-corrected chi connectivity index (χ1v) is 8.45. The molecule has 1 saturated heterocycles. The Labute approximate surface area is 147 Å². The van der Waals surface area contributed by atoms with Gasteiger partial charge in [-0.1, -0.05) is 12.1 Å². The topological polar surface area (TPSA) is 81.9 Å². The summed E-state index contributed by atoms with van der Waals surface area (Å²) < 4.78 is 0. The van der Waals surface area contributed by atoms with E-state index < -0.39 is 0 Å². The number of rotatable bonds is 5. The Kier molecular flexibility index (Phi) is 5.36. The predicted molar refractivity (Wildman–Crippen MR) is 95.3 cm³/mol. The summed E-state index contributed by atoms with van der Waals surface area (Å²) in [5.41, 5.74) is 1.35. The second kappa shape index (κ2) is 7.86. The number of hydrogen-bond acceptors (Lipinski definition) is 6. The minimum atomic E-state index is -0.182. The van der Waals surface area contributed by atoms with Crippen LogP contribution in [0.3, 0.4) is 0 Å². The summed E-state index contributed by atoms with van der Waals surface area (Å²) in [5.74, 6) is 0.995. The van der Waals surface area contributed by atoms with Crippen molar-refractivity contribution in [3.8, 4) is 6.07 Å². The van der Waals surface area contributed by atoms with E-state index in [4.69, 9.17) is 5.26 Å². The van der Waals surface area contributed by atoms with E-state index in [2.05, 4.69) is 27.2 Å². The Morgan fingerprint density at radius 1 is 1.28 bits per heavy atom. The van der Waals surface area contributed by atoms with Crippen molar-refractivity contribution >= 4 is 11.7 Å². The fourth-order valence-electron chi connectivity index (χ4n) is 2.94. The van der Waals surface area contributed by atoms with Crippen molar-refractivity contribution in [3.05, 3.63) is 53.3 Å². The van der Waals surface area contributed by atoms with E-state index in [1.807, 2.05) is 6.07 Å². The Balaban J connectivity index is 1.60. The molecule has 0 unspecified atom stereocenters. The lowest BCUT2D eigenvalue weighted by molar-refractivity contribution is 0.103. The molecule has 1 aliphatic rings. The van der Waals surface area contributed by atoms with Gasteiger partial charge in [-0.05, 0) is 51.0 Å². The zero-order chi connectivity index (χ0) is 17.6. The lowest BCUT2D eigenvalue weighted by Gasteiger charge is -2.28. The largest absolute Gasteiger partial charge is 0.354 e. The fourth-order valence-corrected chi connectivity index (χ4v) is 2.94. The molecule has 2 aromatic rings. The third-order valence-corrected chi connectivity index (χ3v) is 4.55. The van der Waals surface area contributed by atoms with Gasteiger partial charge in [-0.25, -0.2) is 9.97 Å². The maximum absolute atomic E-state index is 12.4. The van der Waals surface area contributed by atoms with Crippen molar-refractivity contribution < 1.29 is 4.79 Å². The maximum atomic E-state index is 12.4. The van der Waals surface area contributed by atoms with Crippen molar-refractivity contribution in [1.82, 2.24) is 14.9 Å². The van der Waals surface area contributed by atoms with Crippen LogP contribution < -0.4 is 5.32 Å². The van der Waals surface area contributed by atoms with Crippen LogP contribution in [0.5, 0.6) is 0 Å². The molecule has 1 aliphatic heterocycles. The molecule has 1 aromatic heterocycles. The number of hydrogen-bond donors (Lipinski definition) is 1. The molecule has 0 aliphatic carbocycles. The highest BCUT2D eigenvalue weighted by Gasteiger charge is 2.17. The summed E-state index contributed by atoms with van der Waals surface area (Å²) in [6.45, 7) is 3.11. The number of nitriles is 1. The average molecular weight is 335 g/mol. The number of benzene rings is 1. The Bertz CT molecular complexity index is 773. The molecule has 0 bridgehead atoms. The summed E-state index contributed by atoms with van der Waals surface area (Å²) in [6, 6.07) is 8.67. The number of anilines is 1. The molecule has 2 heterocycles.